The molecule has 1 heterocycles. The van der Waals surface area contributed by atoms with Crippen LogP contribution in [0.1, 0.15) is 26.2 Å². The van der Waals surface area contributed by atoms with Crippen LogP contribution >= 0.6 is 0 Å². The third kappa shape index (κ3) is 1.77. The highest BCUT2D eigenvalue weighted by atomic mass is 32.2. The first-order chi connectivity index (χ1) is 7.95. The lowest BCUT2D eigenvalue weighted by atomic mass is 9.83. The van der Waals surface area contributed by atoms with Crippen molar-refractivity contribution >= 4 is 10.2 Å². The Labute approximate surface area is 102 Å². The number of rotatable bonds is 3. The van der Waals surface area contributed by atoms with Gasteiger partial charge in [-0.15, -0.1) is 0 Å². The highest BCUT2D eigenvalue weighted by Gasteiger charge is 2.62. The molecule has 0 unspecified atom stereocenters. The minimum atomic E-state index is -3.36. The van der Waals surface area contributed by atoms with Crippen molar-refractivity contribution < 1.29 is 8.42 Å². The molecule has 0 amide bonds. The van der Waals surface area contributed by atoms with Gasteiger partial charge in [0.05, 0.1) is 11.5 Å². The van der Waals surface area contributed by atoms with E-state index in [0.717, 1.165) is 19.3 Å². The molecule has 3 fully saturated rings. The lowest BCUT2D eigenvalue weighted by Gasteiger charge is -2.34. The Balaban J connectivity index is 1.63. The van der Waals surface area contributed by atoms with Crippen LogP contribution in [0, 0.1) is 28.6 Å². The van der Waals surface area contributed by atoms with E-state index in [-0.39, 0.29) is 17.4 Å². The summed E-state index contributed by atoms with van der Waals surface area (Å²) < 4.78 is 28.3. The van der Waals surface area contributed by atoms with Crippen molar-refractivity contribution in [3.05, 3.63) is 0 Å². The summed E-state index contributed by atoms with van der Waals surface area (Å²) in [5.74, 6) is 0.893. The summed E-state index contributed by atoms with van der Waals surface area (Å²) in [6.45, 7) is 3.03. The Morgan fingerprint density at radius 3 is 2.71 bits per heavy atom. The zero-order valence-electron chi connectivity index (χ0n) is 9.89. The molecule has 1 saturated heterocycles. The first kappa shape index (κ1) is 11.5. The van der Waals surface area contributed by atoms with Crippen LogP contribution in [0.4, 0.5) is 0 Å². The van der Waals surface area contributed by atoms with Crippen molar-refractivity contribution in [3.63, 3.8) is 0 Å². The summed E-state index contributed by atoms with van der Waals surface area (Å²) >= 11 is 0. The van der Waals surface area contributed by atoms with Crippen molar-refractivity contribution in [2.45, 2.75) is 32.2 Å². The van der Waals surface area contributed by atoms with Gasteiger partial charge in [0.1, 0.15) is 0 Å². The van der Waals surface area contributed by atoms with E-state index in [4.69, 9.17) is 5.26 Å². The zero-order chi connectivity index (χ0) is 12.3. The third-order valence-electron chi connectivity index (χ3n) is 4.37. The minimum absolute atomic E-state index is 0.102. The Bertz CT molecular complexity index is 477. The number of piperidine rings is 1. The van der Waals surface area contributed by atoms with E-state index >= 15 is 0 Å². The lowest BCUT2D eigenvalue weighted by Crippen LogP contribution is -2.49. The molecule has 2 aliphatic carbocycles. The fraction of sp³-hybridized carbons (Fsp3) is 0.909. The van der Waals surface area contributed by atoms with E-state index in [1.807, 2.05) is 0 Å². The van der Waals surface area contributed by atoms with Crippen molar-refractivity contribution in [2.75, 3.05) is 13.1 Å². The molecule has 94 valence electrons. The van der Waals surface area contributed by atoms with Gasteiger partial charge in [0.15, 0.2) is 0 Å². The van der Waals surface area contributed by atoms with Gasteiger partial charge in [0.2, 0.25) is 0 Å². The number of fused-ring (bicyclic) bond motifs is 1. The quantitative estimate of drug-likeness (QED) is 0.796. The summed E-state index contributed by atoms with van der Waals surface area (Å²) in [6.07, 6.45) is 2.73. The first-order valence-corrected chi connectivity index (χ1v) is 7.58. The largest absolute Gasteiger partial charge is 0.279 e. The monoisotopic (exact) mass is 255 g/mol. The molecular weight excluding hydrogens is 238 g/mol. The Kier molecular flexibility index (Phi) is 2.31. The molecule has 17 heavy (non-hydrogen) atoms. The smallest absolute Gasteiger partial charge is 0.199 e. The van der Waals surface area contributed by atoms with E-state index in [1.54, 1.807) is 0 Å². The molecule has 6 heteroatoms. The van der Waals surface area contributed by atoms with Crippen LogP contribution in [0.3, 0.4) is 0 Å². The SMILES string of the molecule is C[C@H]1C[C@@H](NS(=O)(=O)N2C[C@H]3C[C@@]3(C#N)C2)C1. The summed E-state index contributed by atoms with van der Waals surface area (Å²) in [7, 11) is -3.36. The highest BCUT2D eigenvalue weighted by Crippen LogP contribution is 2.57. The molecule has 2 atom stereocenters. The van der Waals surface area contributed by atoms with Gasteiger partial charge in [-0.25, -0.2) is 0 Å². The second-order valence-electron chi connectivity index (χ2n) is 5.86. The van der Waals surface area contributed by atoms with Gasteiger partial charge in [-0.05, 0) is 31.1 Å². The number of nitriles is 1. The van der Waals surface area contributed by atoms with Crippen molar-refractivity contribution in [1.82, 2.24) is 9.03 Å². The normalized spacial score (nSPS) is 44.8. The van der Waals surface area contributed by atoms with Crippen LogP contribution < -0.4 is 4.72 Å². The van der Waals surface area contributed by atoms with E-state index < -0.39 is 10.2 Å². The minimum Gasteiger partial charge on any atom is -0.199 e. The Hall–Kier alpha value is -0.640. The van der Waals surface area contributed by atoms with Crippen LogP contribution in [0.5, 0.6) is 0 Å². The molecule has 0 bridgehead atoms. The molecule has 0 aromatic carbocycles. The van der Waals surface area contributed by atoms with Gasteiger partial charge in [0.25, 0.3) is 10.2 Å². The van der Waals surface area contributed by atoms with E-state index in [1.165, 1.54) is 4.31 Å². The summed E-state index contributed by atoms with van der Waals surface area (Å²) in [6, 6.07) is 2.37. The molecular formula is C11H17N3O2S. The van der Waals surface area contributed by atoms with Crippen LogP contribution in [-0.2, 0) is 10.2 Å². The molecule has 0 spiro atoms. The molecule has 0 radical (unpaired) electrons. The second-order valence-corrected chi connectivity index (χ2v) is 7.56. The summed E-state index contributed by atoms with van der Waals surface area (Å²) in [5.41, 5.74) is -0.359. The van der Waals surface area contributed by atoms with Gasteiger partial charge >= 0.3 is 0 Å². The first-order valence-electron chi connectivity index (χ1n) is 6.14. The molecule has 3 rings (SSSR count). The standard InChI is InChI=1S/C11H17N3O2S/c1-8-2-10(3-8)13-17(15,16)14-5-9-4-11(9,6-12)7-14/h8-10,13H,2-5,7H2,1H3/t8-,9-,10+,11-/m1/s1. The number of hydrogen-bond acceptors (Lipinski definition) is 3. The van der Waals surface area contributed by atoms with E-state index in [9.17, 15) is 8.42 Å². The van der Waals surface area contributed by atoms with Gasteiger partial charge in [0, 0.05) is 19.1 Å². The average molecular weight is 255 g/mol. The summed E-state index contributed by atoms with van der Waals surface area (Å²) in [4.78, 5) is 0. The second kappa shape index (κ2) is 3.44. The predicted octanol–water partition coefficient (Wildman–Crippen LogP) is 0.465. The third-order valence-corrected chi connectivity index (χ3v) is 5.96. The average Bonchev–Trinajstić information content (AvgIpc) is 2.79. The van der Waals surface area contributed by atoms with E-state index in [0.29, 0.717) is 19.0 Å². The molecule has 2 saturated carbocycles. The molecule has 0 aromatic rings. The number of hydrogen-bond donors (Lipinski definition) is 1. The molecule has 1 aliphatic heterocycles. The molecule has 1 N–H and O–H groups in total. The van der Waals surface area contributed by atoms with Crippen LogP contribution in [0.15, 0.2) is 0 Å². The Morgan fingerprint density at radius 1 is 1.47 bits per heavy atom. The highest BCUT2D eigenvalue weighted by molar-refractivity contribution is 7.87. The van der Waals surface area contributed by atoms with Crippen molar-refractivity contribution in [1.29, 1.82) is 5.26 Å². The fourth-order valence-electron chi connectivity index (χ4n) is 3.08. The van der Waals surface area contributed by atoms with E-state index in [2.05, 4.69) is 17.7 Å². The molecule has 0 aromatic heterocycles. The van der Waals surface area contributed by atoms with Crippen LogP contribution in [0.25, 0.3) is 0 Å². The van der Waals surface area contributed by atoms with Gasteiger partial charge in [-0.3, -0.25) is 0 Å². The lowest BCUT2D eigenvalue weighted by molar-refractivity contribution is 0.264. The maximum Gasteiger partial charge on any atom is 0.279 e. The van der Waals surface area contributed by atoms with Gasteiger partial charge in [-0.1, -0.05) is 6.92 Å². The molecule has 3 aliphatic rings. The fourth-order valence-corrected chi connectivity index (χ4v) is 4.62. The predicted molar refractivity (Wildman–Crippen MR) is 62.0 cm³/mol. The summed E-state index contributed by atoms with van der Waals surface area (Å²) in [5, 5.41) is 9.03. The number of nitrogens with one attached hydrogen (secondary N) is 1. The topological polar surface area (TPSA) is 73.2 Å². The van der Waals surface area contributed by atoms with Crippen molar-refractivity contribution in [2.24, 2.45) is 17.3 Å². The maximum atomic E-state index is 12.1. The van der Waals surface area contributed by atoms with Gasteiger partial charge in [-0.2, -0.15) is 22.7 Å². The zero-order valence-corrected chi connectivity index (χ0v) is 10.7. The maximum absolute atomic E-state index is 12.1. The van der Waals surface area contributed by atoms with Crippen LogP contribution in [0.2, 0.25) is 0 Å². The van der Waals surface area contributed by atoms with Gasteiger partial charge < -0.3 is 0 Å². The van der Waals surface area contributed by atoms with Crippen LogP contribution in [-0.4, -0.2) is 31.9 Å². The van der Waals surface area contributed by atoms with Crippen molar-refractivity contribution in [3.8, 4) is 6.07 Å². The Morgan fingerprint density at radius 2 is 2.18 bits per heavy atom. The molecule has 5 nitrogen and oxygen atoms in total. The number of nitrogens with zero attached hydrogens (tertiary/aromatic N) is 2.